The fraction of sp³-hybridized carbons (Fsp3) is 0.353. The van der Waals surface area contributed by atoms with Crippen molar-refractivity contribution < 1.29 is 14.3 Å². The maximum Gasteiger partial charge on any atom is 0.250 e. The lowest BCUT2D eigenvalue weighted by atomic mass is 10.1. The quantitative estimate of drug-likeness (QED) is 0.806. The molecule has 1 aliphatic heterocycles. The van der Waals surface area contributed by atoms with Crippen LogP contribution in [0.4, 0.5) is 5.13 Å². The van der Waals surface area contributed by atoms with Crippen molar-refractivity contribution in [3.8, 4) is 11.5 Å². The molecule has 0 bridgehead atoms. The van der Waals surface area contributed by atoms with Gasteiger partial charge in [0.15, 0.2) is 11.5 Å². The number of anilines is 1. The number of benzene rings is 1. The monoisotopic (exact) mass is 345 g/mol. The lowest BCUT2D eigenvalue weighted by molar-refractivity contribution is -0.111. The summed E-state index contributed by atoms with van der Waals surface area (Å²) in [5.41, 5.74) is 0.865. The lowest BCUT2D eigenvalue weighted by Crippen LogP contribution is -2.07. The number of aromatic nitrogens is 2. The summed E-state index contributed by atoms with van der Waals surface area (Å²) in [5.74, 6) is 1.58. The standard InChI is InChI=1S/C17H19N3O3S/c1-3-12(4-2)16-19-20-17(24-16)18-15(21)8-6-11-5-7-13-14(9-11)23-10-22-13/h5-9,12H,3-4,10H2,1-2H3,(H,18,20,21). The number of ether oxygens (including phenoxy) is 2. The zero-order chi connectivity index (χ0) is 16.9. The van der Waals surface area contributed by atoms with Crippen LogP contribution in [0.15, 0.2) is 24.3 Å². The van der Waals surface area contributed by atoms with E-state index in [0.717, 1.165) is 29.2 Å². The molecule has 3 rings (SSSR count). The minimum atomic E-state index is -0.236. The van der Waals surface area contributed by atoms with Gasteiger partial charge in [0.05, 0.1) is 0 Å². The molecule has 1 N–H and O–H groups in total. The molecule has 0 saturated heterocycles. The van der Waals surface area contributed by atoms with Crippen LogP contribution in [0.2, 0.25) is 0 Å². The van der Waals surface area contributed by atoms with Gasteiger partial charge < -0.3 is 9.47 Å². The van der Waals surface area contributed by atoms with Gasteiger partial charge in [0, 0.05) is 12.0 Å². The van der Waals surface area contributed by atoms with Crippen LogP contribution in [0, 0.1) is 0 Å². The summed E-state index contributed by atoms with van der Waals surface area (Å²) in [6.45, 7) is 4.49. The van der Waals surface area contributed by atoms with E-state index in [9.17, 15) is 4.79 Å². The Morgan fingerprint density at radius 2 is 2.08 bits per heavy atom. The van der Waals surface area contributed by atoms with Crippen molar-refractivity contribution in [2.75, 3.05) is 12.1 Å². The minimum absolute atomic E-state index is 0.235. The maximum absolute atomic E-state index is 12.0. The molecule has 7 heteroatoms. The third-order valence-electron chi connectivity index (χ3n) is 3.83. The number of carbonyl (C=O) groups excluding carboxylic acids is 1. The Balaban J connectivity index is 1.61. The van der Waals surface area contributed by atoms with Gasteiger partial charge in [-0.05, 0) is 36.6 Å². The normalized spacial score (nSPS) is 13.0. The van der Waals surface area contributed by atoms with Gasteiger partial charge in [-0.15, -0.1) is 10.2 Å². The Labute approximate surface area is 144 Å². The largest absolute Gasteiger partial charge is 0.454 e. The number of hydrogen-bond donors (Lipinski definition) is 1. The molecule has 24 heavy (non-hydrogen) atoms. The maximum atomic E-state index is 12.0. The first-order valence-corrected chi connectivity index (χ1v) is 8.73. The van der Waals surface area contributed by atoms with Crippen molar-refractivity contribution in [2.45, 2.75) is 32.6 Å². The number of hydrogen-bond acceptors (Lipinski definition) is 6. The van der Waals surface area contributed by atoms with Crippen molar-refractivity contribution in [1.82, 2.24) is 10.2 Å². The molecule has 2 heterocycles. The third-order valence-corrected chi connectivity index (χ3v) is 4.83. The molecule has 2 aromatic rings. The second kappa shape index (κ2) is 7.44. The molecule has 1 aromatic heterocycles. The molecule has 0 fully saturated rings. The van der Waals surface area contributed by atoms with E-state index in [-0.39, 0.29) is 12.7 Å². The van der Waals surface area contributed by atoms with Gasteiger partial charge in [-0.25, -0.2) is 0 Å². The molecule has 0 atom stereocenters. The Bertz CT molecular complexity index is 753. The molecule has 0 unspecified atom stereocenters. The van der Waals surface area contributed by atoms with Crippen LogP contribution in [0.5, 0.6) is 11.5 Å². The summed E-state index contributed by atoms with van der Waals surface area (Å²) in [7, 11) is 0. The van der Waals surface area contributed by atoms with Crippen LogP contribution in [0.3, 0.4) is 0 Å². The fourth-order valence-electron chi connectivity index (χ4n) is 2.42. The van der Waals surface area contributed by atoms with Crippen molar-refractivity contribution in [2.24, 2.45) is 0 Å². The average molecular weight is 345 g/mol. The van der Waals surface area contributed by atoms with E-state index in [1.807, 2.05) is 18.2 Å². The van der Waals surface area contributed by atoms with E-state index in [4.69, 9.17) is 9.47 Å². The first kappa shape index (κ1) is 16.4. The molecule has 6 nitrogen and oxygen atoms in total. The van der Waals surface area contributed by atoms with Crippen LogP contribution in [0.1, 0.15) is 43.2 Å². The van der Waals surface area contributed by atoms with E-state index < -0.39 is 0 Å². The molecular weight excluding hydrogens is 326 g/mol. The molecule has 0 saturated carbocycles. The lowest BCUT2D eigenvalue weighted by Gasteiger charge is -2.05. The molecular formula is C17H19N3O3S. The number of nitrogens with zero attached hydrogens (tertiary/aromatic N) is 2. The second-order valence-electron chi connectivity index (χ2n) is 5.39. The average Bonchev–Trinajstić information content (AvgIpc) is 3.23. The highest BCUT2D eigenvalue weighted by atomic mass is 32.1. The van der Waals surface area contributed by atoms with Crippen LogP contribution < -0.4 is 14.8 Å². The van der Waals surface area contributed by atoms with E-state index in [2.05, 4.69) is 29.4 Å². The first-order chi connectivity index (χ1) is 11.7. The van der Waals surface area contributed by atoms with E-state index in [1.54, 1.807) is 6.08 Å². The zero-order valence-electron chi connectivity index (χ0n) is 13.6. The summed E-state index contributed by atoms with van der Waals surface area (Å²) >= 11 is 1.43. The van der Waals surface area contributed by atoms with Crippen LogP contribution in [-0.4, -0.2) is 22.9 Å². The number of carbonyl (C=O) groups is 1. The number of rotatable bonds is 6. The summed E-state index contributed by atoms with van der Waals surface area (Å²) in [4.78, 5) is 12.0. The van der Waals surface area contributed by atoms with Gasteiger partial charge in [-0.3, -0.25) is 10.1 Å². The van der Waals surface area contributed by atoms with Gasteiger partial charge in [0.1, 0.15) is 5.01 Å². The second-order valence-corrected chi connectivity index (χ2v) is 6.40. The van der Waals surface area contributed by atoms with Crippen molar-refractivity contribution in [3.05, 3.63) is 34.8 Å². The van der Waals surface area contributed by atoms with Crippen LogP contribution in [0.25, 0.3) is 6.08 Å². The Hall–Kier alpha value is -2.41. The van der Waals surface area contributed by atoms with E-state index in [1.165, 1.54) is 17.4 Å². The Morgan fingerprint density at radius 3 is 2.88 bits per heavy atom. The molecule has 1 aromatic carbocycles. The third kappa shape index (κ3) is 3.73. The van der Waals surface area contributed by atoms with E-state index >= 15 is 0 Å². The van der Waals surface area contributed by atoms with Crippen LogP contribution >= 0.6 is 11.3 Å². The Kier molecular flexibility index (Phi) is 5.10. The van der Waals surface area contributed by atoms with Crippen LogP contribution in [-0.2, 0) is 4.79 Å². The van der Waals surface area contributed by atoms with Gasteiger partial charge in [-0.1, -0.05) is 31.3 Å². The van der Waals surface area contributed by atoms with Gasteiger partial charge in [0.25, 0.3) is 0 Å². The first-order valence-electron chi connectivity index (χ1n) is 7.91. The summed E-state index contributed by atoms with van der Waals surface area (Å²) in [5, 5.41) is 12.5. The van der Waals surface area contributed by atoms with Gasteiger partial charge in [-0.2, -0.15) is 0 Å². The number of fused-ring (bicyclic) bond motifs is 1. The van der Waals surface area contributed by atoms with E-state index in [0.29, 0.717) is 16.8 Å². The zero-order valence-corrected chi connectivity index (χ0v) is 14.4. The molecule has 0 spiro atoms. The molecule has 1 amide bonds. The topological polar surface area (TPSA) is 73.3 Å². The van der Waals surface area contributed by atoms with Crippen molar-refractivity contribution >= 4 is 28.5 Å². The number of nitrogens with one attached hydrogen (secondary N) is 1. The summed E-state index contributed by atoms with van der Waals surface area (Å²) in [6.07, 6.45) is 5.22. The summed E-state index contributed by atoms with van der Waals surface area (Å²) in [6, 6.07) is 5.53. The summed E-state index contributed by atoms with van der Waals surface area (Å²) < 4.78 is 10.6. The van der Waals surface area contributed by atoms with Gasteiger partial charge >= 0.3 is 0 Å². The SMILES string of the molecule is CCC(CC)c1nnc(NC(=O)C=Cc2ccc3c(c2)OCO3)s1. The highest BCUT2D eigenvalue weighted by Crippen LogP contribution is 2.33. The van der Waals surface area contributed by atoms with Crippen molar-refractivity contribution in [1.29, 1.82) is 0 Å². The molecule has 0 radical (unpaired) electrons. The molecule has 1 aliphatic rings. The smallest absolute Gasteiger partial charge is 0.250 e. The fourth-order valence-corrected chi connectivity index (χ4v) is 3.44. The molecule has 126 valence electrons. The number of amides is 1. The minimum Gasteiger partial charge on any atom is -0.454 e. The highest BCUT2D eigenvalue weighted by Gasteiger charge is 2.14. The Morgan fingerprint density at radius 1 is 1.29 bits per heavy atom. The molecule has 0 aliphatic carbocycles. The predicted octanol–water partition coefficient (Wildman–Crippen LogP) is 3.82. The predicted molar refractivity (Wildman–Crippen MR) is 93.5 cm³/mol. The highest BCUT2D eigenvalue weighted by molar-refractivity contribution is 7.15. The van der Waals surface area contributed by atoms with Crippen molar-refractivity contribution in [3.63, 3.8) is 0 Å². The van der Waals surface area contributed by atoms with Gasteiger partial charge in [0.2, 0.25) is 17.8 Å².